The number of halogens is 5. The summed E-state index contributed by atoms with van der Waals surface area (Å²) in [4.78, 5) is 3.64. The van der Waals surface area contributed by atoms with Crippen LogP contribution in [0.3, 0.4) is 0 Å². The Morgan fingerprint density at radius 1 is 1.24 bits per heavy atom. The summed E-state index contributed by atoms with van der Waals surface area (Å²) in [5.41, 5.74) is -1.41. The van der Waals surface area contributed by atoms with Gasteiger partial charge in [-0.3, -0.25) is 0 Å². The van der Waals surface area contributed by atoms with Crippen LogP contribution in [0.15, 0.2) is 18.2 Å². The summed E-state index contributed by atoms with van der Waals surface area (Å²) in [6.45, 7) is 0. The first-order valence-electron chi connectivity index (χ1n) is 4.24. The Hall–Kier alpha value is -1.21. The summed E-state index contributed by atoms with van der Waals surface area (Å²) in [7, 11) is 0. The molecule has 17 heavy (non-hydrogen) atoms. The van der Waals surface area contributed by atoms with E-state index in [0.717, 1.165) is 23.7 Å². The largest absolute Gasteiger partial charge is 0.417 e. The Morgan fingerprint density at radius 2 is 1.94 bits per heavy atom. The summed E-state index contributed by atoms with van der Waals surface area (Å²) < 4.78 is 54.5. The van der Waals surface area contributed by atoms with Crippen molar-refractivity contribution in [1.29, 1.82) is 0 Å². The van der Waals surface area contributed by atoms with Crippen LogP contribution in [0, 0.1) is 5.82 Å². The molecule has 1 aromatic carbocycles. The van der Waals surface area contributed by atoms with Crippen LogP contribution in [-0.4, -0.2) is 9.36 Å². The lowest BCUT2D eigenvalue weighted by molar-refractivity contribution is -0.137. The maximum Gasteiger partial charge on any atom is 0.417 e. The highest BCUT2D eigenvalue weighted by Gasteiger charge is 2.35. The smallest absolute Gasteiger partial charge is 0.207 e. The lowest BCUT2D eigenvalue weighted by Gasteiger charge is -2.10. The first kappa shape index (κ1) is 12.3. The van der Waals surface area contributed by atoms with Gasteiger partial charge in [0.05, 0.1) is 5.56 Å². The third kappa shape index (κ3) is 2.55. The minimum Gasteiger partial charge on any atom is -0.207 e. The minimum atomic E-state index is -4.67. The van der Waals surface area contributed by atoms with E-state index >= 15 is 0 Å². The molecule has 0 N–H and O–H groups in total. The molecule has 8 heteroatoms. The second-order valence-electron chi connectivity index (χ2n) is 3.06. The zero-order valence-corrected chi connectivity index (χ0v) is 9.50. The van der Waals surface area contributed by atoms with Gasteiger partial charge in [0.25, 0.3) is 0 Å². The van der Waals surface area contributed by atoms with Gasteiger partial charge in [-0.1, -0.05) is 0 Å². The highest BCUT2D eigenvalue weighted by Crippen LogP contribution is 2.37. The third-order valence-corrected chi connectivity index (χ3v) is 2.73. The lowest BCUT2D eigenvalue weighted by Crippen LogP contribution is -2.08. The van der Waals surface area contributed by atoms with Crippen LogP contribution in [0.2, 0.25) is 4.47 Å². The van der Waals surface area contributed by atoms with Crippen molar-refractivity contribution < 1.29 is 17.6 Å². The maximum atomic E-state index is 12.8. The highest BCUT2D eigenvalue weighted by atomic mass is 35.5. The van der Waals surface area contributed by atoms with Crippen LogP contribution in [0.4, 0.5) is 17.6 Å². The number of benzene rings is 1. The first-order chi connectivity index (χ1) is 7.88. The molecule has 90 valence electrons. The van der Waals surface area contributed by atoms with E-state index in [1.165, 1.54) is 0 Å². The molecule has 0 fully saturated rings. The fraction of sp³-hybridized carbons (Fsp3) is 0.111. The van der Waals surface area contributed by atoms with Gasteiger partial charge in [0.2, 0.25) is 4.47 Å². The van der Waals surface area contributed by atoms with Gasteiger partial charge in [0.15, 0.2) is 5.82 Å². The molecule has 2 nitrogen and oxygen atoms in total. The average Bonchev–Trinajstić information content (AvgIpc) is 2.63. The van der Waals surface area contributed by atoms with Crippen molar-refractivity contribution >= 4 is 23.1 Å². The molecule has 2 rings (SSSR count). The van der Waals surface area contributed by atoms with Crippen LogP contribution >= 0.6 is 23.1 Å². The van der Waals surface area contributed by atoms with Crippen molar-refractivity contribution in [3.63, 3.8) is 0 Å². The minimum absolute atomic E-state index is 0.0254. The Morgan fingerprint density at radius 3 is 2.47 bits per heavy atom. The van der Waals surface area contributed by atoms with Crippen LogP contribution in [-0.2, 0) is 6.18 Å². The SMILES string of the molecule is Fc1ccc(-c2nsc(Cl)n2)c(C(F)(F)F)c1. The van der Waals surface area contributed by atoms with Crippen LogP contribution in [0.5, 0.6) is 0 Å². The number of aromatic nitrogens is 2. The Balaban J connectivity index is 2.61. The van der Waals surface area contributed by atoms with E-state index in [4.69, 9.17) is 11.6 Å². The van der Waals surface area contributed by atoms with Gasteiger partial charge in [-0.25, -0.2) is 9.37 Å². The van der Waals surface area contributed by atoms with Gasteiger partial charge < -0.3 is 0 Å². The molecule has 1 aromatic heterocycles. The zero-order chi connectivity index (χ0) is 12.6. The van der Waals surface area contributed by atoms with Crippen molar-refractivity contribution in [1.82, 2.24) is 9.36 Å². The standard InChI is InChI=1S/C9H3ClF4N2S/c10-8-15-7(16-17-8)5-2-1-4(11)3-6(5)9(12,13)14/h1-3H. The molecular weight excluding hydrogens is 280 g/mol. The quantitative estimate of drug-likeness (QED) is 0.738. The lowest BCUT2D eigenvalue weighted by atomic mass is 10.1. The molecule has 0 aliphatic rings. The van der Waals surface area contributed by atoms with Crippen molar-refractivity contribution in [2.45, 2.75) is 6.18 Å². The van der Waals surface area contributed by atoms with Crippen molar-refractivity contribution in [2.24, 2.45) is 0 Å². The third-order valence-electron chi connectivity index (χ3n) is 1.93. The second kappa shape index (κ2) is 4.23. The number of hydrogen-bond acceptors (Lipinski definition) is 3. The molecule has 0 aliphatic carbocycles. The summed E-state index contributed by atoms with van der Waals surface area (Å²) in [5.74, 6) is -1.13. The van der Waals surface area contributed by atoms with Crippen molar-refractivity contribution in [2.75, 3.05) is 0 Å². The van der Waals surface area contributed by atoms with E-state index in [1.807, 2.05) is 0 Å². The van der Waals surface area contributed by atoms with E-state index in [-0.39, 0.29) is 15.9 Å². The molecule has 0 amide bonds. The number of rotatable bonds is 1. The first-order valence-corrected chi connectivity index (χ1v) is 5.39. The predicted octanol–water partition coefficient (Wildman–Crippen LogP) is 4.02. The molecule has 0 unspecified atom stereocenters. The molecule has 2 aromatic rings. The molecule has 0 radical (unpaired) electrons. The molecule has 0 atom stereocenters. The topological polar surface area (TPSA) is 25.8 Å². The van der Waals surface area contributed by atoms with Gasteiger partial charge in [0.1, 0.15) is 5.82 Å². The summed E-state index contributed by atoms with van der Waals surface area (Å²) in [6, 6.07) is 2.31. The van der Waals surface area contributed by atoms with Crippen LogP contribution in [0.25, 0.3) is 11.4 Å². The van der Waals surface area contributed by atoms with Gasteiger partial charge >= 0.3 is 6.18 Å². The van der Waals surface area contributed by atoms with Gasteiger partial charge in [-0.2, -0.15) is 17.5 Å². The van der Waals surface area contributed by atoms with Gasteiger partial charge in [-0.15, -0.1) is 0 Å². The molecule has 1 heterocycles. The van der Waals surface area contributed by atoms with E-state index in [2.05, 4.69) is 9.36 Å². The number of hydrogen-bond donors (Lipinski definition) is 0. The maximum absolute atomic E-state index is 12.8. The molecule has 0 saturated heterocycles. The van der Waals surface area contributed by atoms with E-state index < -0.39 is 17.6 Å². The highest BCUT2D eigenvalue weighted by molar-refractivity contribution is 7.10. The molecule has 0 saturated carbocycles. The predicted molar refractivity (Wildman–Crippen MR) is 55.3 cm³/mol. The van der Waals surface area contributed by atoms with Crippen molar-refractivity contribution in [3.8, 4) is 11.4 Å². The van der Waals surface area contributed by atoms with Crippen LogP contribution < -0.4 is 0 Å². The average molecular weight is 283 g/mol. The van der Waals surface area contributed by atoms with E-state index in [1.54, 1.807) is 0 Å². The zero-order valence-electron chi connectivity index (χ0n) is 7.92. The molecule has 0 spiro atoms. The number of alkyl halides is 3. The van der Waals surface area contributed by atoms with E-state index in [9.17, 15) is 17.6 Å². The van der Waals surface area contributed by atoms with Gasteiger partial charge in [-0.05, 0) is 41.3 Å². The van der Waals surface area contributed by atoms with Gasteiger partial charge in [0, 0.05) is 5.56 Å². The summed E-state index contributed by atoms with van der Waals surface area (Å²) >= 11 is 6.26. The molecule has 0 bridgehead atoms. The Kier molecular flexibility index (Phi) is 3.05. The fourth-order valence-corrected chi connectivity index (χ4v) is 1.87. The number of nitrogens with zero attached hydrogens (tertiary/aromatic N) is 2. The monoisotopic (exact) mass is 282 g/mol. The second-order valence-corrected chi connectivity index (χ2v) is 4.39. The van der Waals surface area contributed by atoms with Crippen molar-refractivity contribution in [3.05, 3.63) is 34.0 Å². The Labute approximate surface area is 102 Å². The summed E-state index contributed by atoms with van der Waals surface area (Å²) in [6.07, 6.45) is -4.67. The summed E-state index contributed by atoms with van der Waals surface area (Å²) in [5, 5.41) is 0. The normalized spacial score (nSPS) is 11.8. The van der Waals surface area contributed by atoms with Crippen LogP contribution in [0.1, 0.15) is 5.56 Å². The fourth-order valence-electron chi connectivity index (χ4n) is 1.26. The molecule has 0 aliphatic heterocycles. The Bertz CT molecular complexity index is 552. The van der Waals surface area contributed by atoms with E-state index in [0.29, 0.717) is 6.07 Å². The molecular formula is C9H3ClF4N2S.